The average molecular weight is 481 g/mol. The Kier molecular flexibility index (Phi) is 4.62. The summed E-state index contributed by atoms with van der Waals surface area (Å²) in [5.41, 5.74) is 13.4. The molecule has 0 saturated heterocycles. The molecule has 3 heteroatoms. The second-order valence-electron chi connectivity index (χ2n) is 11.0. The Labute approximate surface area is 216 Å². The zero-order chi connectivity index (χ0) is 25.3. The Balaban J connectivity index is 1.62. The molecule has 0 radical (unpaired) electrons. The van der Waals surface area contributed by atoms with Gasteiger partial charge in [-0.15, -0.1) is 0 Å². The molecule has 0 amide bonds. The molecule has 0 unspecified atom stereocenters. The first-order chi connectivity index (χ1) is 17.9. The lowest BCUT2D eigenvalue weighted by molar-refractivity contribution is 0.590. The van der Waals surface area contributed by atoms with Crippen molar-refractivity contribution in [3.05, 3.63) is 102 Å². The highest BCUT2D eigenvalue weighted by molar-refractivity contribution is 6.14. The lowest BCUT2D eigenvalue weighted by Gasteiger charge is -2.26. The molecule has 0 fully saturated rings. The number of para-hydroxylation sites is 1. The minimum Gasteiger partial charge on any atom is -0.455 e. The number of furan rings is 1. The predicted octanol–water partition coefficient (Wildman–Crippen LogP) is 9.64. The van der Waals surface area contributed by atoms with Crippen LogP contribution in [0.15, 0.2) is 95.5 Å². The van der Waals surface area contributed by atoms with E-state index < -0.39 is 0 Å². The molecule has 3 nitrogen and oxygen atoms in total. The van der Waals surface area contributed by atoms with E-state index in [0.717, 1.165) is 55.7 Å². The molecule has 0 aliphatic carbocycles. The van der Waals surface area contributed by atoms with E-state index in [9.17, 15) is 0 Å². The Bertz CT molecular complexity index is 1840. The van der Waals surface area contributed by atoms with Gasteiger partial charge in [-0.3, -0.25) is 4.98 Å². The van der Waals surface area contributed by atoms with Crippen LogP contribution in [-0.4, -0.2) is 4.98 Å². The zero-order valence-electron chi connectivity index (χ0n) is 21.5. The molecule has 7 rings (SSSR count). The Morgan fingerprint density at radius 2 is 1.51 bits per heavy atom. The molecule has 2 bridgehead atoms. The summed E-state index contributed by atoms with van der Waals surface area (Å²) in [6, 6.07) is 30.1. The van der Waals surface area contributed by atoms with Gasteiger partial charge in [-0.25, -0.2) is 0 Å². The third-order valence-corrected chi connectivity index (χ3v) is 7.62. The van der Waals surface area contributed by atoms with Crippen LogP contribution in [0.1, 0.15) is 31.9 Å². The van der Waals surface area contributed by atoms with Gasteiger partial charge in [0.25, 0.3) is 0 Å². The predicted molar refractivity (Wildman–Crippen MR) is 155 cm³/mol. The molecule has 0 spiro atoms. The molecule has 3 heterocycles. The van der Waals surface area contributed by atoms with E-state index in [2.05, 4.69) is 105 Å². The van der Waals surface area contributed by atoms with Crippen molar-refractivity contribution in [1.29, 1.82) is 0 Å². The number of hydrogen-bond acceptors (Lipinski definition) is 3. The number of hydrogen-bond donors (Lipinski definition) is 1. The van der Waals surface area contributed by atoms with Crippen molar-refractivity contribution in [2.75, 3.05) is 5.32 Å². The fourth-order valence-corrected chi connectivity index (χ4v) is 5.60. The van der Waals surface area contributed by atoms with Gasteiger partial charge < -0.3 is 9.73 Å². The molecule has 6 aromatic rings. The number of pyridine rings is 1. The van der Waals surface area contributed by atoms with Crippen molar-refractivity contribution >= 4 is 33.3 Å². The average Bonchev–Trinajstić information content (AvgIpc) is 3.27. The molecule has 2 aromatic heterocycles. The maximum absolute atomic E-state index is 6.57. The van der Waals surface area contributed by atoms with Gasteiger partial charge in [-0.2, -0.15) is 0 Å². The quantitative estimate of drug-likeness (QED) is 0.254. The first kappa shape index (κ1) is 21.9. The second kappa shape index (κ2) is 7.81. The van der Waals surface area contributed by atoms with Crippen LogP contribution < -0.4 is 5.32 Å². The number of fused-ring (bicyclic) bond motifs is 10. The number of rotatable bonds is 1. The van der Waals surface area contributed by atoms with Gasteiger partial charge in [0.15, 0.2) is 0 Å². The summed E-state index contributed by atoms with van der Waals surface area (Å²) < 4.78 is 6.57. The number of benzene rings is 4. The van der Waals surface area contributed by atoms with Crippen molar-refractivity contribution in [1.82, 2.24) is 4.98 Å². The van der Waals surface area contributed by atoms with E-state index in [1.165, 1.54) is 22.3 Å². The monoisotopic (exact) mass is 480 g/mol. The third kappa shape index (κ3) is 3.38. The van der Waals surface area contributed by atoms with Gasteiger partial charge in [0.1, 0.15) is 11.2 Å². The second-order valence-corrected chi connectivity index (χ2v) is 11.0. The Hall–Kier alpha value is -4.37. The first-order valence-corrected chi connectivity index (χ1v) is 12.8. The topological polar surface area (TPSA) is 38.1 Å². The lowest BCUT2D eigenvalue weighted by atomic mass is 9.82. The van der Waals surface area contributed by atoms with Crippen molar-refractivity contribution in [2.24, 2.45) is 0 Å². The van der Waals surface area contributed by atoms with Crippen LogP contribution in [0.2, 0.25) is 0 Å². The summed E-state index contributed by atoms with van der Waals surface area (Å²) in [4.78, 5) is 4.62. The van der Waals surface area contributed by atoms with Gasteiger partial charge in [-0.05, 0) is 77.6 Å². The Morgan fingerprint density at radius 3 is 2.32 bits per heavy atom. The SMILES string of the molecule is Cc1c2cc3c(oc4ccccc43)c1-c1cc(-c3ccccn3)ccc1Nc1ccc(C(C)(C)C)cc1-2. The van der Waals surface area contributed by atoms with Gasteiger partial charge in [-0.1, -0.05) is 57.2 Å². The summed E-state index contributed by atoms with van der Waals surface area (Å²) in [6.45, 7) is 9.03. The number of aromatic nitrogens is 1. The Morgan fingerprint density at radius 1 is 0.730 bits per heavy atom. The largest absolute Gasteiger partial charge is 0.455 e. The maximum atomic E-state index is 6.57. The van der Waals surface area contributed by atoms with Crippen LogP contribution in [0, 0.1) is 6.92 Å². The molecule has 0 atom stereocenters. The van der Waals surface area contributed by atoms with Crippen molar-refractivity contribution < 1.29 is 4.42 Å². The van der Waals surface area contributed by atoms with Crippen LogP contribution in [0.25, 0.3) is 55.4 Å². The van der Waals surface area contributed by atoms with Crippen molar-refractivity contribution in [2.45, 2.75) is 33.1 Å². The molecule has 4 aromatic carbocycles. The number of nitrogens with one attached hydrogen (secondary N) is 1. The van der Waals surface area contributed by atoms with Crippen LogP contribution in [0.3, 0.4) is 0 Å². The molecular weight excluding hydrogens is 452 g/mol. The van der Waals surface area contributed by atoms with Crippen LogP contribution in [0.4, 0.5) is 11.4 Å². The molecule has 37 heavy (non-hydrogen) atoms. The highest BCUT2D eigenvalue weighted by Gasteiger charge is 2.26. The summed E-state index contributed by atoms with van der Waals surface area (Å²) in [5.74, 6) is 0. The smallest absolute Gasteiger partial charge is 0.143 e. The third-order valence-electron chi connectivity index (χ3n) is 7.62. The van der Waals surface area contributed by atoms with E-state index in [-0.39, 0.29) is 5.41 Å². The van der Waals surface area contributed by atoms with Gasteiger partial charge in [0.2, 0.25) is 0 Å². The fraction of sp³-hybridized carbons (Fsp3) is 0.147. The van der Waals surface area contributed by atoms with Crippen molar-refractivity contribution in [3.63, 3.8) is 0 Å². The number of anilines is 2. The molecule has 1 aliphatic rings. The molecule has 1 N–H and O–H groups in total. The van der Waals surface area contributed by atoms with E-state index in [1.807, 2.05) is 24.4 Å². The van der Waals surface area contributed by atoms with E-state index >= 15 is 0 Å². The maximum Gasteiger partial charge on any atom is 0.143 e. The summed E-state index contributed by atoms with van der Waals surface area (Å²) >= 11 is 0. The highest BCUT2D eigenvalue weighted by Crippen LogP contribution is 2.49. The standard InChI is InChI=1S/C34H28N2O/c1-20-24-19-26-23-9-5-6-11-31(23)37-33(26)32(20)27-17-21(28-10-7-8-16-35-28)12-14-30(27)36-29-15-13-22(18-25(24)29)34(2,3)4/h5-19,36H,1-4H3. The summed E-state index contributed by atoms with van der Waals surface area (Å²) in [6.07, 6.45) is 1.84. The van der Waals surface area contributed by atoms with Crippen molar-refractivity contribution in [3.8, 4) is 33.5 Å². The van der Waals surface area contributed by atoms with E-state index in [4.69, 9.17) is 4.42 Å². The van der Waals surface area contributed by atoms with Crippen LogP contribution >= 0.6 is 0 Å². The fourth-order valence-electron chi connectivity index (χ4n) is 5.60. The summed E-state index contributed by atoms with van der Waals surface area (Å²) in [7, 11) is 0. The van der Waals surface area contributed by atoms with E-state index in [1.54, 1.807) is 0 Å². The molecule has 1 aliphatic heterocycles. The lowest BCUT2D eigenvalue weighted by Crippen LogP contribution is -2.12. The molecule has 0 saturated carbocycles. The van der Waals surface area contributed by atoms with E-state index in [0.29, 0.717) is 0 Å². The van der Waals surface area contributed by atoms with Gasteiger partial charge >= 0.3 is 0 Å². The normalized spacial score (nSPS) is 12.5. The minimum absolute atomic E-state index is 0.0516. The van der Waals surface area contributed by atoms with Crippen LogP contribution in [0.5, 0.6) is 0 Å². The van der Waals surface area contributed by atoms with Gasteiger partial charge in [0.05, 0.1) is 5.69 Å². The zero-order valence-corrected chi connectivity index (χ0v) is 21.5. The molecule has 180 valence electrons. The first-order valence-electron chi connectivity index (χ1n) is 12.8. The highest BCUT2D eigenvalue weighted by atomic mass is 16.3. The van der Waals surface area contributed by atoms with Crippen LogP contribution in [-0.2, 0) is 5.41 Å². The molecular formula is C34H28N2O. The minimum atomic E-state index is 0.0516. The summed E-state index contributed by atoms with van der Waals surface area (Å²) in [5, 5.41) is 6.07. The van der Waals surface area contributed by atoms with Gasteiger partial charge in [0, 0.05) is 50.6 Å². The number of nitrogens with zero attached hydrogens (tertiary/aromatic N) is 1.